The van der Waals surface area contributed by atoms with E-state index in [9.17, 15) is 24.0 Å². The maximum Gasteiger partial charge on any atom is 0.417 e. The molecule has 0 spiro atoms. The molecule has 0 bridgehead atoms. The standard InChI is InChI=1S/C40H57N3O7/c1-37(2,3)22-31(44)29-15-14-27-26-13-16-32-40(8,28(26)17-19-39(27,29)7)20-18-33(45)43(32)36(48)49-23-24-9-11-25(12-10-24)42-35(47)30(41)21-34(46)50-38(4,5)6/h9-12,18,20,26-30,32H,13-17,19,21-23,41H2,1-8H3,(H,42,47)/t26-,27-,28-,29+,30-,32+,39-,40+/m0/s1. The van der Waals surface area contributed by atoms with E-state index in [-0.39, 0.29) is 47.1 Å². The third-order valence-corrected chi connectivity index (χ3v) is 11.9. The Morgan fingerprint density at radius 1 is 0.960 bits per heavy atom. The fourth-order valence-corrected chi connectivity index (χ4v) is 9.68. The van der Waals surface area contributed by atoms with Crippen molar-refractivity contribution in [1.82, 2.24) is 4.90 Å². The van der Waals surface area contributed by atoms with Gasteiger partial charge < -0.3 is 20.5 Å². The molecule has 0 saturated heterocycles. The van der Waals surface area contributed by atoms with Gasteiger partial charge in [-0.3, -0.25) is 19.2 Å². The fourth-order valence-electron chi connectivity index (χ4n) is 9.68. The summed E-state index contributed by atoms with van der Waals surface area (Å²) in [4.78, 5) is 66.2. The van der Waals surface area contributed by atoms with E-state index in [0.717, 1.165) is 32.1 Å². The highest BCUT2D eigenvalue weighted by atomic mass is 16.6. The van der Waals surface area contributed by atoms with Crippen LogP contribution in [0.2, 0.25) is 0 Å². The van der Waals surface area contributed by atoms with Crippen LogP contribution in [0, 0.1) is 39.9 Å². The number of hydrogen-bond donors (Lipinski definition) is 2. The first kappa shape index (κ1) is 37.7. The summed E-state index contributed by atoms with van der Waals surface area (Å²) < 4.78 is 11.0. The number of anilines is 1. The van der Waals surface area contributed by atoms with Crippen LogP contribution in [0.1, 0.15) is 112 Å². The zero-order valence-electron chi connectivity index (χ0n) is 31.2. The molecule has 4 aliphatic rings. The van der Waals surface area contributed by atoms with E-state index in [1.54, 1.807) is 51.1 Å². The molecule has 3 saturated carbocycles. The van der Waals surface area contributed by atoms with Crippen molar-refractivity contribution in [3.05, 3.63) is 42.0 Å². The molecule has 0 aromatic heterocycles. The summed E-state index contributed by atoms with van der Waals surface area (Å²) in [5.41, 5.74) is 6.02. The van der Waals surface area contributed by atoms with Gasteiger partial charge in [0.2, 0.25) is 5.91 Å². The van der Waals surface area contributed by atoms with Crippen LogP contribution in [0.25, 0.3) is 0 Å². The first-order valence-electron chi connectivity index (χ1n) is 18.3. The number of carbonyl (C=O) groups excluding carboxylic acids is 5. The number of fused-ring (bicyclic) bond motifs is 5. The van der Waals surface area contributed by atoms with Crippen LogP contribution >= 0.6 is 0 Å². The highest BCUT2D eigenvalue weighted by molar-refractivity contribution is 6.00. The molecule has 10 heteroatoms. The van der Waals surface area contributed by atoms with Crippen molar-refractivity contribution >= 4 is 35.3 Å². The molecule has 0 radical (unpaired) electrons. The largest absolute Gasteiger partial charge is 0.460 e. The number of ether oxygens (including phenoxy) is 2. The molecule has 8 atom stereocenters. The minimum atomic E-state index is -1.07. The Hall–Kier alpha value is -3.53. The normalized spacial score (nSPS) is 31.2. The third-order valence-electron chi connectivity index (χ3n) is 11.9. The van der Waals surface area contributed by atoms with Gasteiger partial charge in [-0.25, -0.2) is 9.69 Å². The van der Waals surface area contributed by atoms with E-state index in [0.29, 0.717) is 47.6 Å². The van der Waals surface area contributed by atoms with Crippen LogP contribution in [-0.4, -0.2) is 52.2 Å². The number of amides is 3. The molecular weight excluding hydrogens is 634 g/mol. The summed E-state index contributed by atoms with van der Waals surface area (Å²) in [5, 5.41) is 2.69. The number of carbonyl (C=O) groups is 5. The highest BCUT2D eigenvalue weighted by Crippen LogP contribution is 2.66. The van der Waals surface area contributed by atoms with Gasteiger partial charge in [-0.1, -0.05) is 52.8 Å². The van der Waals surface area contributed by atoms with Crippen LogP contribution in [0.5, 0.6) is 0 Å². The molecule has 10 nitrogen and oxygen atoms in total. The van der Waals surface area contributed by atoms with Gasteiger partial charge in [-0.2, -0.15) is 0 Å². The molecular formula is C40H57N3O7. The van der Waals surface area contributed by atoms with Crippen LogP contribution < -0.4 is 11.1 Å². The molecule has 3 aliphatic carbocycles. The summed E-state index contributed by atoms with van der Waals surface area (Å²) in [5.74, 6) is 0.325. The monoisotopic (exact) mass is 691 g/mol. The van der Waals surface area contributed by atoms with Gasteiger partial charge in [0.25, 0.3) is 5.91 Å². The second kappa shape index (κ2) is 13.9. The Morgan fingerprint density at radius 2 is 1.64 bits per heavy atom. The molecule has 1 heterocycles. The number of imide groups is 1. The molecule has 50 heavy (non-hydrogen) atoms. The fraction of sp³-hybridized carbons (Fsp3) is 0.675. The second-order valence-corrected chi connectivity index (χ2v) is 17.9. The molecule has 3 fully saturated rings. The van der Waals surface area contributed by atoms with E-state index in [2.05, 4.69) is 39.9 Å². The summed E-state index contributed by atoms with van der Waals surface area (Å²) in [7, 11) is 0. The van der Waals surface area contributed by atoms with Crippen LogP contribution in [-0.2, 0) is 35.3 Å². The molecule has 5 rings (SSSR count). The number of rotatable bonds is 8. The van der Waals surface area contributed by atoms with Gasteiger partial charge in [-0.15, -0.1) is 0 Å². The van der Waals surface area contributed by atoms with Gasteiger partial charge in [0, 0.05) is 29.5 Å². The van der Waals surface area contributed by atoms with Crippen LogP contribution in [0.15, 0.2) is 36.4 Å². The van der Waals surface area contributed by atoms with Crippen molar-refractivity contribution in [2.24, 2.45) is 45.7 Å². The smallest absolute Gasteiger partial charge is 0.417 e. The summed E-state index contributed by atoms with van der Waals surface area (Å²) in [6.45, 7) is 16.2. The predicted octanol–water partition coefficient (Wildman–Crippen LogP) is 6.95. The zero-order valence-corrected chi connectivity index (χ0v) is 31.2. The van der Waals surface area contributed by atoms with Crippen LogP contribution in [0.4, 0.5) is 10.5 Å². The lowest BCUT2D eigenvalue weighted by Crippen LogP contribution is -2.62. The zero-order chi connectivity index (χ0) is 36.8. The van der Waals surface area contributed by atoms with E-state index in [1.165, 1.54) is 4.90 Å². The maximum atomic E-state index is 13.6. The van der Waals surface area contributed by atoms with Crippen molar-refractivity contribution in [3.8, 4) is 0 Å². The third kappa shape index (κ3) is 7.85. The molecule has 274 valence electrons. The predicted molar refractivity (Wildman–Crippen MR) is 190 cm³/mol. The lowest BCUT2D eigenvalue weighted by Gasteiger charge is -2.60. The number of Topliss-reactive ketones (excluding diaryl/α,β-unsaturated/α-hetero) is 1. The molecule has 3 N–H and O–H groups in total. The number of hydrogen-bond acceptors (Lipinski definition) is 8. The van der Waals surface area contributed by atoms with Crippen molar-refractivity contribution in [3.63, 3.8) is 0 Å². The lowest BCUT2D eigenvalue weighted by molar-refractivity contribution is -0.156. The average Bonchev–Trinajstić information content (AvgIpc) is 3.36. The molecule has 1 aromatic carbocycles. The number of nitrogens with zero attached hydrogens (tertiary/aromatic N) is 1. The Bertz CT molecular complexity index is 1520. The first-order chi connectivity index (χ1) is 23.2. The molecule has 3 amide bonds. The van der Waals surface area contributed by atoms with E-state index < -0.39 is 29.6 Å². The summed E-state index contributed by atoms with van der Waals surface area (Å²) in [6.07, 6.45) is 8.91. The summed E-state index contributed by atoms with van der Waals surface area (Å²) >= 11 is 0. The quantitative estimate of drug-likeness (QED) is 0.279. The maximum absolute atomic E-state index is 13.6. The van der Waals surface area contributed by atoms with Gasteiger partial charge in [0.15, 0.2) is 0 Å². The van der Waals surface area contributed by atoms with Crippen molar-refractivity contribution in [2.45, 2.75) is 131 Å². The van der Waals surface area contributed by atoms with Gasteiger partial charge in [0.1, 0.15) is 18.0 Å². The molecule has 0 unspecified atom stereocenters. The van der Waals surface area contributed by atoms with Crippen molar-refractivity contribution in [2.75, 3.05) is 5.32 Å². The topological polar surface area (TPSA) is 145 Å². The SMILES string of the molecule is CC(C)(C)CC(=O)[C@H]1CC[C@H]2[C@@H]3CC[C@H]4N(C(=O)OCc5ccc(NC(=O)[C@@H](N)CC(=O)OC(C)(C)C)cc5)C(=O)C=C[C@]4(C)[C@H]3CC[C@]12C. The van der Waals surface area contributed by atoms with Crippen molar-refractivity contribution in [1.29, 1.82) is 0 Å². The molecule has 1 aliphatic heterocycles. The number of nitrogens with one attached hydrogen (secondary N) is 1. The Morgan fingerprint density at radius 3 is 2.28 bits per heavy atom. The van der Waals surface area contributed by atoms with Crippen molar-refractivity contribution < 1.29 is 33.4 Å². The highest BCUT2D eigenvalue weighted by Gasteiger charge is 2.62. The number of ketones is 1. The first-order valence-corrected chi connectivity index (χ1v) is 18.3. The molecule has 1 aromatic rings. The number of benzene rings is 1. The average molecular weight is 692 g/mol. The van der Waals surface area contributed by atoms with E-state index in [1.807, 2.05) is 6.08 Å². The van der Waals surface area contributed by atoms with Gasteiger partial charge in [-0.05, 0) is 106 Å². The number of esters is 1. The van der Waals surface area contributed by atoms with Gasteiger partial charge in [0.05, 0.1) is 18.5 Å². The minimum absolute atomic E-state index is 0.00395. The Balaban J connectivity index is 1.19. The summed E-state index contributed by atoms with van der Waals surface area (Å²) in [6, 6.07) is 5.40. The minimum Gasteiger partial charge on any atom is -0.460 e. The Kier molecular flexibility index (Phi) is 10.5. The van der Waals surface area contributed by atoms with Gasteiger partial charge >= 0.3 is 12.1 Å². The Labute approximate surface area is 297 Å². The second-order valence-electron chi connectivity index (χ2n) is 17.9. The van der Waals surface area contributed by atoms with Crippen LogP contribution in [0.3, 0.4) is 0 Å². The lowest BCUT2D eigenvalue weighted by atomic mass is 9.47. The van der Waals surface area contributed by atoms with E-state index in [4.69, 9.17) is 15.2 Å². The van der Waals surface area contributed by atoms with E-state index >= 15 is 0 Å². The number of nitrogens with two attached hydrogens (primary N) is 1.